The molecule has 0 fully saturated rings. The van der Waals surface area contributed by atoms with Crippen molar-refractivity contribution in [3.8, 4) is 0 Å². The number of allylic oxidation sites excluding steroid dienone is 1. The number of rotatable bonds is 3. The number of carbonyl (C=O) groups is 1. The van der Waals surface area contributed by atoms with Gasteiger partial charge in [0.25, 0.3) is 0 Å². The molecular weight excluding hydrogens is 344 g/mol. The van der Waals surface area contributed by atoms with Crippen LogP contribution >= 0.6 is 11.3 Å². The first-order valence-electron chi connectivity index (χ1n) is 8.36. The SMILES string of the molecule is C=CCn1c(=NC(=O)c2cc3ccccc3o2)sc2cc(C)c(C)cc21. The van der Waals surface area contributed by atoms with Crippen molar-refractivity contribution in [1.29, 1.82) is 0 Å². The van der Waals surface area contributed by atoms with E-state index in [1.165, 1.54) is 22.5 Å². The highest BCUT2D eigenvalue weighted by Gasteiger charge is 2.13. The third-order valence-corrected chi connectivity index (χ3v) is 5.48. The lowest BCUT2D eigenvalue weighted by atomic mass is 10.1. The number of aryl methyl sites for hydroxylation is 2. The first-order chi connectivity index (χ1) is 12.6. The van der Waals surface area contributed by atoms with Crippen LogP contribution in [0.2, 0.25) is 0 Å². The van der Waals surface area contributed by atoms with Gasteiger partial charge in [-0.05, 0) is 49.2 Å². The number of hydrogen-bond acceptors (Lipinski definition) is 3. The second-order valence-electron chi connectivity index (χ2n) is 6.25. The number of para-hydroxylation sites is 1. The highest BCUT2D eigenvalue weighted by atomic mass is 32.1. The standard InChI is InChI=1S/C21H18N2O2S/c1-4-9-23-16-10-13(2)14(3)11-19(16)26-21(23)22-20(24)18-12-15-7-5-6-8-17(15)25-18/h4-8,10-12H,1,9H2,2-3H3. The molecule has 0 N–H and O–H groups in total. The van der Waals surface area contributed by atoms with Gasteiger partial charge in [-0.2, -0.15) is 4.99 Å². The van der Waals surface area contributed by atoms with Crippen molar-refractivity contribution in [2.24, 2.45) is 4.99 Å². The Balaban J connectivity index is 1.87. The predicted octanol–water partition coefficient (Wildman–Crippen LogP) is 4.99. The van der Waals surface area contributed by atoms with E-state index in [-0.39, 0.29) is 11.7 Å². The molecule has 2 aromatic carbocycles. The molecule has 2 aromatic heterocycles. The van der Waals surface area contributed by atoms with E-state index in [2.05, 4.69) is 37.6 Å². The Morgan fingerprint density at radius 3 is 2.77 bits per heavy atom. The van der Waals surface area contributed by atoms with Gasteiger partial charge in [0.2, 0.25) is 0 Å². The van der Waals surface area contributed by atoms with E-state index >= 15 is 0 Å². The maximum atomic E-state index is 12.7. The lowest BCUT2D eigenvalue weighted by Crippen LogP contribution is -2.16. The summed E-state index contributed by atoms with van der Waals surface area (Å²) in [6.45, 7) is 8.59. The minimum absolute atomic E-state index is 0.251. The molecule has 0 aliphatic rings. The quantitative estimate of drug-likeness (QED) is 0.482. The normalized spacial score (nSPS) is 12.2. The number of thiazole rings is 1. The van der Waals surface area contributed by atoms with Gasteiger partial charge in [0.1, 0.15) is 5.58 Å². The Hall–Kier alpha value is -2.92. The van der Waals surface area contributed by atoms with Crippen molar-refractivity contribution in [2.75, 3.05) is 0 Å². The maximum Gasteiger partial charge on any atom is 0.315 e. The zero-order valence-corrected chi connectivity index (χ0v) is 15.5. The molecule has 0 atom stereocenters. The van der Waals surface area contributed by atoms with Gasteiger partial charge in [-0.25, -0.2) is 0 Å². The summed E-state index contributed by atoms with van der Waals surface area (Å²) >= 11 is 1.50. The molecule has 0 bridgehead atoms. The molecule has 4 nitrogen and oxygen atoms in total. The zero-order valence-electron chi connectivity index (χ0n) is 14.7. The lowest BCUT2D eigenvalue weighted by molar-refractivity contribution is 0.0973. The van der Waals surface area contributed by atoms with Gasteiger partial charge in [-0.3, -0.25) is 4.79 Å². The third kappa shape index (κ3) is 2.80. The van der Waals surface area contributed by atoms with Crippen LogP contribution < -0.4 is 4.80 Å². The summed E-state index contributed by atoms with van der Waals surface area (Å²) in [6.07, 6.45) is 1.81. The summed E-state index contributed by atoms with van der Waals surface area (Å²) in [4.78, 5) is 17.6. The van der Waals surface area contributed by atoms with Crippen LogP contribution in [-0.4, -0.2) is 10.5 Å². The molecule has 0 radical (unpaired) electrons. The van der Waals surface area contributed by atoms with Gasteiger partial charge in [-0.1, -0.05) is 35.6 Å². The number of amides is 1. The summed E-state index contributed by atoms with van der Waals surface area (Å²) in [5.41, 5.74) is 4.18. The second-order valence-corrected chi connectivity index (χ2v) is 7.26. The summed E-state index contributed by atoms with van der Waals surface area (Å²) in [5, 5.41) is 0.896. The van der Waals surface area contributed by atoms with E-state index in [1.807, 2.05) is 34.9 Å². The van der Waals surface area contributed by atoms with E-state index in [1.54, 1.807) is 6.07 Å². The molecule has 26 heavy (non-hydrogen) atoms. The molecule has 4 aromatic rings. The number of benzene rings is 2. The van der Waals surface area contributed by atoms with Gasteiger partial charge < -0.3 is 8.98 Å². The third-order valence-electron chi connectivity index (χ3n) is 4.44. The van der Waals surface area contributed by atoms with Crippen LogP contribution in [0.3, 0.4) is 0 Å². The topological polar surface area (TPSA) is 47.5 Å². The number of nitrogens with zero attached hydrogens (tertiary/aromatic N) is 2. The molecule has 0 saturated heterocycles. The number of furan rings is 1. The number of aromatic nitrogens is 1. The summed E-state index contributed by atoms with van der Waals surface area (Å²) in [6, 6.07) is 13.6. The van der Waals surface area contributed by atoms with Crippen LogP contribution in [0.4, 0.5) is 0 Å². The van der Waals surface area contributed by atoms with Crippen LogP contribution in [0.1, 0.15) is 21.7 Å². The van der Waals surface area contributed by atoms with Crippen LogP contribution in [0, 0.1) is 13.8 Å². The van der Waals surface area contributed by atoms with Gasteiger partial charge in [0.05, 0.1) is 10.2 Å². The Morgan fingerprint density at radius 2 is 2.00 bits per heavy atom. The summed E-state index contributed by atoms with van der Waals surface area (Å²) in [7, 11) is 0. The molecule has 2 heterocycles. The molecule has 0 saturated carbocycles. The number of carbonyl (C=O) groups excluding carboxylic acids is 1. The average molecular weight is 362 g/mol. The van der Waals surface area contributed by atoms with Crippen molar-refractivity contribution in [2.45, 2.75) is 20.4 Å². The molecule has 4 rings (SSSR count). The van der Waals surface area contributed by atoms with Crippen LogP contribution in [-0.2, 0) is 6.54 Å². The van der Waals surface area contributed by atoms with E-state index < -0.39 is 0 Å². The minimum Gasteiger partial charge on any atom is -0.451 e. The fourth-order valence-corrected chi connectivity index (χ4v) is 4.06. The van der Waals surface area contributed by atoms with Gasteiger partial charge in [0, 0.05) is 11.9 Å². The van der Waals surface area contributed by atoms with Crippen molar-refractivity contribution in [3.63, 3.8) is 0 Å². The van der Waals surface area contributed by atoms with Crippen molar-refractivity contribution >= 4 is 38.4 Å². The number of fused-ring (bicyclic) bond motifs is 2. The van der Waals surface area contributed by atoms with Crippen LogP contribution in [0.25, 0.3) is 21.2 Å². The van der Waals surface area contributed by atoms with Gasteiger partial charge in [0.15, 0.2) is 10.6 Å². The summed E-state index contributed by atoms with van der Waals surface area (Å²) in [5.74, 6) is -0.125. The highest BCUT2D eigenvalue weighted by molar-refractivity contribution is 7.16. The summed E-state index contributed by atoms with van der Waals surface area (Å²) < 4.78 is 8.76. The monoisotopic (exact) mass is 362 g/mol. The second kappa shape index (κ2) is 6.42. The predicted molar refractivity (Wildman–Crippen MR) is 106 cm³/mol. The molecule has 5 heteroatoms. The van der Waals surface area contributed by atoms with Crippen molar-refractivity contribution in [1.82, 2.24) is 4.57 Å². The van der Waals surface area contributed by atoms with Crippen molar-refractivity contribution in [3.05, 3.63) is 76.8 Å². The molecule has 0 spiro atoms. The van der Waals surface area contributed by atoms with E-state index in [9.17, 15) is 4.79 Å². The van der Waals surface area contributed by atoms with E-state index in [4.69, 9.17) is 4.42 Å². The van der Waals surface area contributed by atoms with Gasteiger partial charge in [-0.15, -0.1) is 6.58 Å². The molecule has 0 aliphatic carbocycles. The fraction of sp³-hybridized carbons (Fsp3) is 0.143. The zero-order chi connectivity index (χ0) is 18.3. The Kier molecular flexibility index (Phi) is 4.09. The molecule has 1 amide bonds. The highest BCUT2D eigenvalue weighted by Crippen LogP contribution is 2.23. The maximum absolute atomic E-state index is 12.7. The first-order valence-corrected chi connectivity index (χ1v) is 9.17. The largest absolute Gasteiger partial charge is 0.451 e. The molecular formula is C21H18N2O2S. The van der Waals surface area contributed by atoms with Crippen LogP contribution in [0.5, 0.6) is 0 Å². The van der Waals surface area contributed by atoms with Crippen molar-refractivity contribution < 1.29 is 9.21 Å². The molecule has 0 aliphatic heterocycles. The average Bonchev–Trinajstić information content (AvgIpc) is 3.18. The Bertz CT molecular complexity index is 1190. The lowest BCUT2D eigenvalue weighted by Gasteiger charge is -2.03. The van der Waals surface area contributed by atoms with E-state index in [0.29, 0.717) is 16.9 Å². The Labute approximate surface area is 154 Å². The fourth-order valence-electron chi connectivity index (χ4n) is 2.94. The van der Waals surface area contributed by atoms with Gasteiger partial charge >= 0.3 is 5.91 Å². The Morgan fingerprint density at radius 1 is 1.23 bits per heavy atom. The molecule has 130 valence electrons. The smallest absolute Gasteiger partial charge is 0.315 e. The first kappa shape index (κ1) is 16.5. The minimum atomic E-state index is -0.376. The number of hydrogen-bond donors (Lipinski definition) is 0. The van der Waals surface area contributed by atoms with Crippen LogP contribution in [0.15, 0.2) is 64.5 Å². The van der Waals surface area contributed by atoms with E-state index in [0.717, 1.165) is 15.6 Å². The molecule has 0 unspecified atom stereocenters.